The molecule has 2 aromatic rings. The summed E-state index contributed by atoms with van der Waals surface area (Å²) in [6, 6.07) is 3.76. The van der Waals surface area contributed by atoms with E-state index in [9.17, 15) is 13.2 Å². The fourth-order valence-corrected chi connectivity index (χ4v) is 2.08. The van der Waals surface area contributed by atoms with E-state index in [1.165, 1.54) is 30.7 Å². The van der Waals surface area contributed by atoms with Gasteiger partial charge in [0.1, 0.15) is 5.03 Å². The van der Waals surface area contributed by atoms with Crippen molar-refractivity contribution in [2.24, 2.45) is 0 Å². The van der Waals surface area contributed by atoms with Gasteiger partial charge in [0.25, 0.3) is 0 Å². The normalized spacial score (nSPS) is 11.5. The third kappa shape index (κ3) is 2.92. The van der Waals surface area contributed by atoms with Crippen molar-refractivity contribution in [3.8, 4) is 0 Å². The molecule has 1 aromatic carbocycles. The Labute approximate surface area is 105 Å². The van der Waals surface area contributed by atoms with E-state index in [-0.39, 0.29) is 5.69 Å². The molecule has 7 heteroatoms. The highest BCUT2D eigenvalue weighted by atomic mass is 32.2. The van der Waals surface area contributed by atoms with Crippen molar-refractivity contribution in [3.63, 3.8) is 0 Å². The maximum atomic E-state index is 12.7. The van der Waals surface area contributed by atoms with Gasteiger partial charge in [-0.2, -0.15) is 13.2 Å². The van der Waals surface area contributed by atoms with E-state index in [0.29, 0.717) is 9.92 Å². The molecule has 94 valence electrons. The van der Waals surface area contributed by atoms with Gasteiger partial charge in [0, 0.05) is 23.0 Å². The maximum absolute atomic E-state index is 12.7. The van der Waals surface area contributed by atoms with Gasteiger partial charge >= 0.3 is 6.18 Å². The molecule has 1 heterocycles. The lowest BCUT2D eigenvalue weighted by molar-refractivity contribution is -0.137. The minimum absolute atomic E-state index is 0.286. The SMILES string of the molecule is Nc1ccc(Sc2cnccn2)cc1C(F)(F)F. The highest BCUT2D eigenvalue weighted by Crippen LogP contribution is 2.37. The predicted octanol–water partition coefficient (Wildman–Crippen LogP) is 3.23. The lowest BCUT2D eigenvalue weighted by atomic mass is 10.2. The summed E-state index contributed by atoms with van der Waals surface area (Å²) in [6.07, 6.45) is -0.00417. The Hall–Kier alpha value is -1.76. The van der Waals surface area contributed by atoms with Crippen LogP contribution in [0.5, 0.6) is 0 Å². The van der Waals surface area contributed by atoms with Crippen LogP contribution in [0.15, 0.2) is 46.7 Å². The molecule has 0 spiro atoms. The standard InChI is InChI=1S/C11H8F3N3S/c12-11(13,14)8-5-7(1-2-9(8)15)18-10-6-16-3-4-17-10/h1-6H,15H2. The van der Waals surface area contributed by atoms with Crippen LogP contribution in [0, 0.1) is 0 Å². The molecule has 1 aromatic heterocycles. The second kappa shape index (κ2) is 4.85. The van der Waals surface area contributed by atoms with Crippen LogP contribution in [0.4, 0.5) is 18.9 Å². The molecule has 0 unspecified atom stereocenters. The van der Waals surface area contributed by atoms with Crippen LogP contribution in [0.2, 0.25) is 0 Å². The van der Waals surface area contributed by atoms with Crippen LogP contribution in [-0.2, 0) is 6.18 Å². The van der Waals surface area contributed by atoms with Crippen molar-refractivity contribution in [2.75, 3.05) is 5.73 Å². The van der Waals surface area contributed by atoms with E-state index >= 15 is 0 Å². The summed E-state index contributed by atoms with van der Waals surface area (Å²) in [4.78, 5) is 8.23. The first kappa shape index (κ1) is 12.7. The Morgan fingerprint density at radius 3 is 2.56 bits per heavy atom. The Morgan fingerprint density at radius 2 is 1.94 bits per heavy atom. The highest BCUT2D eigenvalue weighted by molar-refractivity contribution is 7.99. The van der Waals surface area contributed by atoms with Crippen molar-refractivity contribution in [2.45, 2.75) is 16.1 Å². The molecule has 0 aliphatic carbocycles. The Balaban J connectivity index is 2.31. The number of halogens is 3. The van der Waals surface area contributed by atoms with Crippen molar-refractivity contribution in [3.05, 3.63) is 42.4 Å². The Bertz CT molecular complexity index is 543. The quantitative estimate of drug-likeness (QED) is 0.852. The molecule has 2 rings (SSSR count). The molecule has 0 radical (unpaired) electrons. The van der Waals surface area contributed by atoms with Gasteiger partial charge in [0.2, 0.25) is 0 Å². The third-order valence-corrected chi connectivity index (χ3v) is 3.00. The van der Waals surface area contributed by atoms with Crippen molar-refractivity contribution >= 4 is 17.4 Å². The molecule has 2 N–H and O–H groups in total. The van der Waals surface area contributed by atoms with E-state index in [2.05, 4.69) is 9.97 Å². The maximum Gasteiger partial charge on any atom is 0.418 e. The van der Waals surface area contributed by atoms with Gasteiger partial charge in [0.05, 0.1) is 11.8 Å². The Morgan fingerprint density at radius 1 is 1.17 bits per heavy atom. The van der Waals surface area contributed by atoms with E-state index in [0.717, 1.165) is 17.8 Å². The minimum atomic E-state index is -4.46. The van der Waals surface area contributed by atoms with Crippen LogP contribution in [0.25, 0.3) is 0 Å². The summed E-state index contributed by atoms with van der Waals surface area (Å²) >= 11 is 1.10. The number of nitrogens with zero attached hydrogens (tertiary/aromatic N) is 2. The van der Waals surface area contributed by atoms with E-state index in [1.54, 1.807) is 0 Å². The molecular formula is C11H8F3N3S. The van der Waals surface area contributed by atoms with Crippen LogP contribution < -0.4 is 5.73 Å². The number of hydrogen-bond donors (Lipinski definition) is 1. The minimum Gasteiger partial charge on any atom is -0.398 e. The molecule has 18 heavy (non-hydrogen) atoms. The molecule has 0 fully saturated rings. The first-order valence-electron chi connectivity index (χ1n) is 4.87. The lowest BCUT2D eigenvalue weighted by Gasteiger charge is -2.11. The number of nitrogen functional groups attached to an aromatic ring is 1. The van der Waals surface area contributed by atoms with Gasteiger partial charge in [-0.15, -0.1) is 0 Å². The average molecular weight is 271 g/mol. The molecule has 0 aliphatic rings. The number of rotatable bonds is 2. The van der Waals surface area contributed by atoms with Crippen LogP contribution >= 0.6 is 11.8 Å². The molecule has 0 aliphatic heterocycles. The fourth-order valence-electron chi connectivity index (χ4n) is 1.30. The highest BCUT2D eigenvalue weighted by Gasteiger charge is 2.33. The zero-order valence-electron chi connectivity index (χ0n) is 8.98. The van der Waals surface area contributed by atoms with Gasteiger partial charge in [-0.1, -0.05) is 11.8 Å². The number of nitrogens with two attached hydrogens (primary N) is 1. The molecule has 0 bridgehead atoms. The third-order valence-electron chi connectivity index (χ3n) is 2.09. The lowest BCUT2D eigenvalue weighted by Crippen LogP contribution is -2.08. The first-order chi connectivity index (χ1) is 8.47. The molecule has 3 nitrogen and oxygen atoms in total. The van der Waals surface area contributed by atoms with Crippen LogP contribution in [0.1, 0.15) is 5.56 Å². The van der Waals surface area contributed by atoms with Crippen molar-refractivity contribution in [1.29, 1.82) is 0 Å². The largest absolute Gasteiger partial charge is 0.418 e. The van der Waals surface area contributed by atoms with E-state index < -0.39 is 11.7 Å². The zero-order chi connectivity index (χ0) is 13.2. The van der Waals surface area contributed by atoms with Crippen molar-refractivity contribution < 1.29 is 13.2 Å². The van der Waals surface area contributed by atoms with Gasteiger partial charge in [-0.3, -0.25) is 4.98 Å². The van der Waals surface area contributed by atoms with Crippen LogP contribution in [0.3, 0.4) is 0 Å². The first-order valence-corrected chi connectivity index (χ1v) is 5.69. The van der Waals surface area contributed by atoms with Gasteiger partial charge in [0.15, 0.2) is 0 Å². The topological polar surface area (TPSA) is 51.8 Å². The summed E-state index contributed by atoms with van der Waals surface area (Å²) in [5.41, 5.74) is 4.19. The van der Waals surface area contributed by atoms with Gasteiger partial charge in [-0.25, -0.2) is 4.98 Å². The van der Waals surface area contributed by atoms with E-state index in [4.69, 9.17) is 5.73 Å². The second-order valence-corrected chi connectivity index (χ2v) is 4.49. The summed E-state index contributed by atoms with van der Waals surface area (Å²) in [7, 11) is 0. The molecule has 0 amide bonds. The number of benzene rings is 1. The summed E-state index contributed by atoms with van der Waals surface area (Å²) in [5, 5.41) is 0.524. The number of hydrogen-bond acceptors (Lipinski definition) is 4. The molecular weight excluding hydrogens is 263 g/mol. The summed E-state index contributed by atoms with van der Waals surface area (Å²) in [5.74, 6) is 0. The van der Waals surface area contributed by atoms with E-state index in [1.807, 2.05) is 0 Å². The smallest absolute Gasteiger partial charge is 0.398 e. The van der Waals surface area contributed by atoms with Crippen LogP contribution in [-0.4, -0.2) is 9.97 Å². The average Bonchev–Trinajstić information content (AvgIpc) is 2.31. The second-order valence-electron chi connectivity index (χ2n) is 3.39. The zero-order valence-corrected chi connectivity index (χ0v) is 9.79. The Kier molecular flexibility index (Phi) is 3.42. The predicted molar refractivity (Wildman–Crippen MR) is 62.0 cm³/mol. The number of aromatic nitrogens is 2. The van der Waals surface area contributed by atoms with Gasteiger partial charge in [-0.05, 0) is 18.2 Å². The molecule has 0 saturated heterocycles. The van der Waals surface area contributed by atoms with Crippen molar-refractivity contribution in [1.82, 2.24) is 9.97 Å². The summed E-state index contributed by atoms with van der Waals surface area (Å²) in [6.45, 7) is 0. The number of anilines is 1. The summed E-state index contributed by atoms with van der Waals surface area (Å²) < 4.78 is 38.0. The van der Waals surface area contributed by atoms with Gasteiger partial charge < -0.3 is 5.73 Å². The monoisotopic (exact) mass is 271 g/mol. The number of alkyl halides is 3. The molecule has 0 atom stereocenters. The molecule has 0 saturated carbocycles. The fraction of sp³-hybridized carbons (Fsp3) is 0.0909.